The van der Waals surface area contributed by atoms with Crippen molar-refractivity contribution in [2.45, 2.75) is 140 Å². The second kappa shape index (κ2) is 25.4. The van der Waals surface area contributed by atoms with Gasteiger partial charge in [0.15, 0.2) is 17.3 Å². The van der Waals surface area contributed by atoms with Gasteiger partial charge in [-0.25, -0.2) is 0 Å². The van der Waals surface area contributed by atoms with E-state index in [9.17, 15) is 24.9 Å². The number of ether oxygens (including phenoxy) is 1. The van der Waals surface area contributed by atoms with Crippen LogP contribution in [0.4, 0.5) is 0 Å². The number of fused-ring (bicyclic) bond motifs is 5. The van der Waals surface area contributed by atoms with Gasteiger partial charge in [-0.05, 0) is 244 Å². The van der Waals surface area contributed by atoms with Crippen LogP contribution in [0.5, 0.6) is 11.5 Å². The number of aryl methyl sites for hydroxylation is 3. The number of piperidine rings is 1. The first-order valence-electron chi connectivity index (χ1n) is 31.0. The molecular formula is C69H92N6O6. The van der Waals surface area contributed by atoms with Gasteiger partial charge < -0.3 is 52.4 Å². The van der Waals surface area contributed by atoms with E-state index in [4.69, 9.17) is 10.5 Å². The van der Waals surface area contributed by atoms with Crippen molar-refractivity contribution in [3.05, 3.63) is 148 Å². The molecule has 15 unspecified atom stereocenters. The van der Waals surface area contributed by atoms with Crippen molar-refractivity contribution in [1.82, 2.24) is 26.6 Å². The Hall–Kier alpha value is -5.18. The summed E-state index contributed by atoms with van der Waals surface area (Å²) in [5.74, 6) is 3.93. The van der Waals surface area contributed by atoms with E-state index in [1.807, 2.05) is 13.1 Å². The molecule has 3 aliphatic heterocycles. The van der Waals surface area contributed by atoms with Crippen LogP contribution < -0.4 is 37.1 Å². The molecule has 1 saturated heterocycles. The maximum absolute atomic E-state index is 14.5. The zero-order valence-electron chi connectivity index (χ0n) is 48.4. The predicted octanol–water partition coefficient (Wildman–Crippen LogP) is 8.45. The van der Waals surface area contributed by atoms with Crippen molar-refractivity contribution in [2.75, 3.05) is 46.9 Å². The third kappa shape index (κ3) is 12.5. The number of carbonyl (C=O) groups is 2. The SMILES string of the molecule is CNC1C=CC2CC3(CC21)C(NCC(C)O)CC1(CC2C4CCNCC4CC4C=CCNC42)CC(CC(=O)CC(=O)C=C(CO)c2cc(OC)c(O)cc2CC2=CNC(N)C=C2CCc2cccc(CCc4ccccc4)c2)CCC13. The van der Waals surface area contributed by atoms with Crippen LogP contribution >= 0.6 is 0 Å². The Morgan fingerprint density at radius 2 is 1.70 bits per heavy atom. The third-order valence-corrected chi connectivity index (χ3v) is 21.3. The van der Waals surface area contributed by atoms with Crippen LogP contribution in [0.15, 0.2) is 121 Å². The highest BCUT2D eigenvalue weighted by Gasteiger charge is 2.67. The van der Waals surface area contributed by atoms with Crippen LogP contribution in [0.1, 0.15) is 112 Å². The van der Waals surface area contributed by atoms with Gasteiger partial charge in [-0.3, -0.25) is 9.59 Å². The number of phenols is 1. The van der Waals surface area contributed by atoms with Crippen LogP contribution in [-0.4, -0.2) is 104 Å². The minimum atomic E-state index is -0.443. The number of nitrogens with one attached hydrogen (secondary N) is 5. The van der Waals surface area contributed by atoms with Gasteiger partial charge in [-0.15, -0.1) is 0 Å². The Bertz CT molecular complexity index is 2880. The van der Waals surface area contributed by atoms with Crippen molar-refractivity contribution in [3.63, 3.8) is 0 Å². The molecule has 8 aliphatic rings. The smallest absolute Gasteiger partial charge is 0.163 e. The van der Waals surface area contributed by atoms with Crippen LogP contribution in [0.25, 0.3) is 5.57 Å². The molecule has 15 atom stereocenters. The number of Topliss-reactive ketones (excluding diaryl/α,β-unsaturated/α-hetero) is 1. The van der Waals surface area contributed by atoms with E-state index < -0.39 is 12.7 Å². The Kier molecular flexibility index (Phi) is 18.0. The second-order valence-electron chi connectivity index (χ2n) is 26.2. The quantitative estimate of drug-likeness (QED) is 0.0266. The average molecular weight is 1100 g/mol. The molecule has 0 aromatic heterocycles. The number of hydrogen-bond donors (Lipinski definition) is 9. The van der Waals surface area contributed by atoms with E-state index in [1.54, 1.807) is 12.1 Å². The molecule has 3 heterocycles. The van der Waals surface area contributed by atoms with Crippen molar-refractivity contribution >= 4 is 17.1 Å². The first-order valence-corrected chi connectivity index (χ1v) is 31.0. The van der Waals surface area contributed by atoms with E-state index in [2.05, 4.69) is 119 Å². The summed E-state index contributed by atoms with van der Waals surface area (Å²) in [5, 5.41) is 51.8. The number of dihydropyridines is 1. The van der Waals surface area contributed by atoms with E-state index >= 15 is 0 Å². The standard InChI is InChI=1S/C69H92N6O6/c1-43(77)39-74-65-38-68(36-60-57-22-24-72-40-53(57)27-49-13-8-23-73-67(49)60)34-47(17-21-64(68)69(65)35-50-19-20-61(71-2)59(50)37-69)26-55(78)32-56(79)29-54(42-76)58-33-63(81-3)62(80)30-51(58)28-52-41-75-66(70)31-48(52)18-16-46-12-7-11-45(25-46)15-14-44-9-5-4-6-10-44/h4-13,19-20,25,29-31,33,41,43,47,49-50,53,57,59-61,64-67,71-77,80H,14-18,21-24,26-28,32,34-40,42,70H2,1-3H3. The van der Waals surface area contributed by atoms with Crippen LogP contribution in [-0.2, 0) is 35.3 Å². The maximum atomic E-state index is 14.5. The summed E-state index contributed by atoms with van der Waals surface area (Å²) in [6.45, 7) is 5.11. The number of allylic oxidation sites excluding steroid dienone is 4. The lowest BCUT2D eigenvalue weighted by atomic mass is 9.52. The van der Waals surface area contributed by atoms with Gasteiger partial charge in [0.2, 0.25) is 0 Å². The van der Waals surface area contributed by atoms with Crippen LogP contribution in [0.3, 0.4) is 0 Å². The number of carbonyl (C=O) groups excluding carboxylic acids is 2. The molecule has 0 bridgehead atoms. The topological polar surface area (TPSA) is 190 Å². The summed E-state index contributed by atoms with van der Waals surface area (Å²) in [7, 11) is 3.59. The number of likely N-dealkylation sites (N-methyl/N-ethyl adjacent to an activating group) is 1. The Labute approximate surface area is 482 Å². The lowest BCUT2D eigenvalue weighted by molar-refractivity contribution is -0.126. The molecule has 5 fully saturated rings. The summed E-state index contributed by atoms with van der Waals surface area (Å²) in [5.41, 5.74) is 14.2. The zero-order chi connectivity index (χ0) is 56.3. The van der Waals surface area contributed by atoms with Gasteiger partial charge in [0.25, 0.3) is 0 Å². The lowest BCUT2D eigenvalue weighted by Crippen LogP contribution is -2.57. The number of aliphatic hydroxyl groups is 2. The fourth-order valence-electron chi connectivity index (χ4n) is 18.0. The van der Waals surface area contributed by atoms with Crippen molar-refractivity contribution in [3.8, 4) is 11.5 Å². The van der Waals surface area contributed by atoms with Gasteiger partial charge in [0, 0.05) is 43.8 Å². The van der Waals surface area contributed by atoms with Gasteiger partial charge in [0.05, 0.1) is 32.4 Å². The summed E-state index contributed by atoms with van der Waals surface area (Å²) < 4.78 is 5.60. The number of methoxy groups -OCH3 is 1. The van der Waals surface area contributed by atoms with Gasteiger partial charge in [-0.2, -0.15) is 0 Å². The molecule has 0 amide bonds. The lowest BCUT2D eigenvalue weighted by Gasteiger charge is -2.55. The first kappa shape index (κ1) is 57.6. The summed E-state index contributed by atoms with van der Waals surface area (Å²) >= 11 is 0. The molecule has 1 spiro atoms. The molecule has 5 aliphatic carbocycles. The molecule has 12 nitrogen and oxygen atoms in total. The molecule has 434 valence electrons. The minimum Gasteiger partial charge on any atom is -0.504 e. The number of rotatable bonds is 22. The van der Waals surface area contributed by atoms with Crippen molar-refractivity contribution in [1.29, 1.82) is 0 Å². The zero-order valence-corrected chi connectivity index (χ0v) is 48.4. The average Bonchev–Trinajstić information content (AvgIpc) is 2.38. The Morgan fingerprint density at radius 3 is 2.49 bits per heavy atom. The normalized spacial score (nSPS) is 33.4. The number of phenolic OH excluding ortho intramolecular Hbond substituents is 1. The highest BCUT2D eigenvalue weighted by Crippen LogP contribution is 2.72. The number of benzene rings is 3. The van der Waals surface area contributed by atoms with E-state index in [0.717, 1.165) is 88.6 Å². The first-order chi connectivity index (χ1) is 39.3. The van der Waals surface area contributed by atoms with Crippen molar-refractivity contribution in [2.24, 2.45) is 63.9 Å². The largest absolute Gasteiger partial charge is 0.504 e. The molecular weight excluding hydrogens is 1010 g/mol. The molecule has 3 aromatic carbocycles. The number of hydrogen-bond acceptors (Lipinski definition) is 12. The summed E-state index contributed by atoms with van der Waals surface area (Å²) in [6.07, 6.45) is 28.4. The number of nitrogens with two attached hydrogens (primary N) is 1. The van der Waals surface area contributed by atoms with Crippen LogP contribution in [0, 0.1) is 58.2 Å². The summed E-state index contributed by atoms with van der Waals surface area (Å²) in [4.78, 5) is 28.8. The number of aliphatic hydroxyl groups excluding tert-OH is 2. The molecule has 81 heavy (non-hydrogen) atoms. The van der Waals surface area contributed by atoms with Gasteiger partial charge in [0.1, 0.15) is 5.78 Å². The fraction of sp³-hybridized carbons (Fsp3) is 0.565. The minimum absolute atomic E-state index is 0.0152. The molecule has 10 N–H and O–H groups in total. The number of ketones is 2. The molecule has 4 saturated carbocycles. The predicted molar refractivity (Wildman–Crippen MR) is 322 cm³/mol. The monoisotopic (exact) mass is 1100 g/mol. The van der Waals surface area contributed by atoms with E-state index in [0.29, 0.717) is 89.6 Å². The molecule has 11 rings (SSSR count). The fourth-order valence-corrected chi connectivity index (χ4v) is 18.0. The van der Waals surface area contributed by atoms with E-state index in [-0.39, 0.29) is 58.4 Å². The van der Waals surface area contributed by atoms with Gasteiger partial charge >= 0.3 is 0 Å². The Balaban J connectivity index is 0.812. The van der Waals surface area contributed by atoms with E-state index in [1.165, 1.54) is 55.6 Å². The van der Waals surface area contributed by atoms with Gasteiger partial charge in [-0.1, -0.05) is 78.9 Å². The number of aromatic hydroxyl groups is 1. The highest BCUT2D eigenvalue weighted by molar-refractivity contribution is 6.07. The maximum Gasteiger partial charge on any atom is 0.163 e. The Morgan fingerprint density at radius 1 is 0.901 bits per heavy atom. The van der Waals surface area contributed by atoms with Crippen LogP contribution in [0.2, 0.25) is 0 Å². The second-order valence-corrected chi connectivity index (χ2v) is 26.2. The molecule has 0 radical (unpaired) electrons. The molecule has 3 aromatic rings. The van der Waals surface area contributed by atoms with Crippen molar-refractivity contribution < 1.29 is 29.6 Å². The molecule has 12 heteroatoms. The highest BCUT2D eigenvalue weighted by atomic mass is 16.5. The summed E-state index contributed by atoms with van der Waals surface area (Å²) in [6, 6.07) is 23.8. The third-order valence-electron chi connectivity index (χ3n) is 21.3.